The molecule has 0 atom stereocenters. The summed E-state index contributed by atoms with van der Waals surface area (Å²) in [6.07, 6.45) is 7.62. The largest absolute Gasteiger partial charge is 0.247 e. The lowest BCUT2D eigenvalue weighted by atomic mass is 10.0. The molecule has 0 N–H and O–H groups in total. The van der Waals surface area contributed by atoms with Crippen molar-refractivity contribution in [3.63, 3.8) is 0 Å². The number of hydrogen-bond acceptors (Lipinski definition) is 4. The third-order valence-corrected chi connectivity index (χ3v) is 5.52. The van der Waals surface area contributed by atoms with Crippen molar-refractivity contribution in [1.82, 2.24) is 20.0 Å². The minimum Gasteiger partial charge on any atom is -0.247 e. The molecule has 0 amide bonds. The predicted octanol–water partition coefficient (Wildman–Crippen LogP) is 5.95. The van der Waals surface area contributed by atoms with E-state index in [1.54, 1.807) is 16.1 Å². The number of hydrogen-bond donors (Lipinski definition) is 0. The van der Waals surface area contributed by atoms with Gasteiger partial charge in [-0.3, -0.25) is 0 Å². The minimum absolute atomic E-state index is 0.910. The Kier molecular flexibility index (Phi) is 5.96. The Hall–Kier alpha value is -3.05. The Morgan fingerprint density at radius 3 is 2.48 bits per heavy atom. The summed E-state index contributed by atoms with van der Waals surface area (Å²) in [7, 11) is 1.86. The molecule has 0 radical (unpaired) electrons. The van der Waals surface area contributed by atoms with Crippen molar-refractivity contribution in [2.24, 2.45) is 7.05 Å². The van der Waals surface area contributed by atoms with Crippen LogP contribution in [0.1, 0.15) is 29.1 Å². The molecular weight excluding hydrogens is 376 g/mol. The summed E-state index contributed by atoms with van der Waals surface area (Å²) in [4.78, 5) is 6.17. The van der Waals surface area contributed by atoms with Crippen LogP contribution in [-0.4, -0.2) is 20.0 Å². The lowest BCUT2D eigenvalue weighted by molar-refractivity contribution is 0.657. The standard InChI is InChI=1S/C24H24N4S/c1-18-25-22(17-29-18)15-8-3-5-10-19-11-9-14-21(16-19)24-23(26-28(2)27-24)20-12-6-4-7-13-20/h4-7,9-14,16-17H,3,8,15H2,1-2H3/b10-5+. The summed E-state index contributed by atoms with van der Waals surface area (Å²) in [6.45, 7) is 2.06. The number of rotatable bonds is 7. The van der Waals surface area contributed by atoms with E-state index in [-0.39, 0.29) is 0 Å². The van der Waals surface area contributed by atoms with Crippen LogP contribution in [0.15, 0.2) is 66.1 Å². The monoisotopic (exact) mass is 400 g/mol. The van der Waals surface area contributed by atoms with Gasteiger partial charge in [0.2, 0.25) is 0 Å². The summed E-state index contributed by atoms with van der Waals surface area (Å²) in [5.74, 6) is 0. The number of aromatic nitrogens is 4. The Bertz CT molecular complexity index is 1110. The molecule has 2 heterocycles. The van der Waals surface area contributed by atoms with Gasteiger partial charge in [0.1, 0.15) is 11.4 Å². The van der Waals surface area contributed by atoms with E-state index in [4.69, 9.17) is 0 Å². The van der Waals surface area contributed by atoms with Gasteiger partial charge in [-0.05, 0) is 37.8 Å². The van der Waals surface area contributed by atoms with Crippen LogP contribution < -0.4 is 0 Å². The van der Waals surface area contributed by atoms with Gasteiger partial charge in [0.15, 0.2) is 0 Å². The van der Waals surface area contributed by atoms with Gasteiger partial charge in [0.05, 0.1) is 10.7 Å². The first-order valence-electron chi connectivity index (χ1n) is 9.84. The molecule has 2 aromatic heterocycles. The van der Waals surface area contributed by atoms with Gasteiger partial charge < -0.3 is 0 Å². The van der Waals surface area contributed by atoms with E-state index in [1.165, 1.54) is 11.3 Å². The molecule has 146 valence electrons. The van der Waals surface area contributed by atoms with Gasteiger partial charge in [0, 0.05) is 23.6 Å². The molecule has 4 aromatic rings. The van der Waals surface area contributed by atoms with Crippen molar-refractivity contribution in [3.8, 4) is 22.5 Å². The SMILES string of the molecule is Cc1nc(CCC/C=C/c2cccc(-c3nn(C)nc3-c3ccccc3)c2)cs1. The van der Waals surface area contributed by atoms with Crippen LogP contribution in [0.2, 0.25) is 0 Å². The van der Waals surface area contributed by atoms with Gasteiger partial charge in [0.25, 0.3) is 0 Å². The van der Waals surface area contributed by atoms with Crippen molar-refractivity contribution < 1.29 is 0 Å². The molecule has 29 heavy (non-hydrogen) atoms. The molecule has 0 aliphatic carbocycles. The molecular formula is C24H24N4S. The highest BCUT2D eigenvalue weighted by molar-refractivity contribution is 7.09. The highest BCUT2D eigenvalue weighted by atomic mass is 32.1. The van der Waals surface area contributed by atoms with E-state index in [2.05, 4.69) is 76.0 Å². The smallest absolute Gasteiger partial charge is 0.121 e. The van der Waals surface area contributed by atoms with Crippen LogP contribution in [0.25, 0.3) is 28.6 Å². The van der Waals surface area contributed by atoms with Crippen LogP contribution in [0.3, 0.4) is 0 Å². The average Bonchev–Trinajstić information content (AvgIpc) is 3.34. The van der Waals surface area contributed by atoms with Crippen molar-refractivity contribution in [1.29, 1.82) is 0 Å². The average molecular weight is 401 g/mol. The number of benzene rings is 2. The second-order valence-corrected chi connectivity index (χ2v) is 8.09. The number of nitrogens with zero attached hydrogens (tertiary/aromatic N) is 4. The lowest BCUT2D eigenvalue weighted by Crippen LogP contribution is -1.92. The van der Waals surface area contributed by atoms with Crippen LogP contribution in [0.4, 0.5) is 0 Å². The Balaban J connectivity index is 1.47. The van der Waals surface area contributed by atoms with Gasteiger partial charge >= 0.3 is 0 Å². The first-order valence-corrected chi connectivity index (χ1v) is 10.7. The molecule has 0 spiro atoms. The summed E-state index contributed by atoms with van der Waals surface area (Å²) in [5.41, 5.74) is 6.36. The summed E-state index contributed by atoms with van der Waals surface area (Å²) in [6, 6.07) is 18.7. The maximum Gasteiger partial charge on any atom is 0.121 e. The van der Waals surface area contributed by atoms with Crippen molar-refractivity contribution in [3.05, 3.63) is 82.3 Å². The highest BCUT2D eigenvalue weighted by Crippen LogP contribution is 2.29. The summed E-state index contributed by atoms with van der Waals surface area (Å²) in [5, 5.41) is 12.5. The Morgan fingerprint density at radius 1 is 0.966 bits per heavy atom. The zero-order valence-electron chi connectivity index (χ0n) is 16.7. The van der Waals surface area contributed by atoms with Crippen LogP contribution >= 0.6 is 11.3 Å². The molecule has 0 saturated heterocycles. The Labute approximate surface area is 175 Å². The first-order chi connectivity index (χ1) is 14.2. The van der Waals surface area contributed by atoms with Crippen molar-refractivity contribution in [2.75, 3.05) is 0 Å². The van der Waals surface area contributed by atoms with Crippen molar-refractivity contribution in [2.45, 2.75) is 26.2 Å². The van der Waals surface area contributed by atoms with E-state index < -0.39 is 0 Å². The topological polar surface area (TPSA) is 43.6 Å². The molecule has 0 aliphatic heterocycles. The normalized spacial score (nSPS) is 11.4. The second-order valence-electron chi connectivity index (χ2n) is 7.03. The molecule has 4 rings (SSSR count). The van der Waals surface area contributed by atoms with Crippen LogP contribution in [0.5, 0.6) is 0 Å². The molecule has 4 nitrogen and oxygen atoms in total. The molecule has 0 unspecified atom stereocenters. The van der Waals surface area contributed by atoms with E-state index in [1.807, 2.05) is 25.2 Å². The number of thiazole rings is 1. The third-order valence-electron chi connectivity index (χ3n) is 4.70. The number of aryl methyl sites for hydroxylation is 3. The highest BCUT2D eigenvalue weighted by Gasteiger charge is 2.13. The van der Waals surface area contributed by atoms with Gasteiger partial charge in [-0.25, -0.2) is 4.98 Å². The maximum absolute atomic E-state index is 4.62. The number of allylic oxidation sites excluding steroid dienone is 1. The van der Waals surface area contributed by atoms with Crippen molar-refractivity contribution >= 4 is 17.4 Å². The van der Waals surface area contributed by atoms with E-state index in [9.17, 15) is 0 Å². The molecule has 0 aliphatic rings. The van der Waals surface area contributed by atoms with Gasteiger partial charge in [-0.2, -0.15) is 15.0 Å². The molecule has 5 heteroatoms. The third kappa shape index (κ3) is 4.87. The molecule has 2 aromatic carbocycles. The fourth-order valence-electron chi connectivity index (χ4n) is 3.32. The van der Waals surface area contributed by atoms with E-state index >= 15 is 0 Å². The summed E-state index contributed by atoms with van der Waals surface area (Å²) >= 11 is 1.72. The lowest BCUT2D eigenvalue weighted by Gasteiger charge is -2.03. The Morgan fingerprint density at radius 2 is 1.72 bits per heavy atom. The van der Waals surface area contributed by atoms with Gasteiger partial charge in [-0.15, -0.1) is 11.3 Å². The maximum atomic E-state index is 4.62. The summed E-state index contributed by atoms with van der Waals surface area (Å²) < 4.78 is 0. The fourth-order valence-corrected chi connectivity index (χ4v) is 3.97. The van der Waals surface area contributed by atoms with Crippen LogP contribution in [-0.2, 0) is 13.5 Å². The minimum atomic E-state index is 0.910. The number of unbranched alkanes of at least 4 members (excludes halogenated alkanes) is 1. The molecule has 0 bridgehead atoms. The molecule has 0 saturated carbocycles. The fraction of sp³-hybridized carbons (Fsp3) is 0.208. The zero-order valence-corrected chi connectivity index (χ0v) is 17.6. The van der Waals surface area contributed by atoms with E-state index in [0.29, 0.717) is 0 Å². The van der Waals surface area contributed by atoms with Gasteiger partial charge in [-0.1, -0.05) is 60.7 Å². The molecule has 0 fully saturated rings. The second kappa shape index (κ2) is 8.97. The zero-order chi connectivity index (χ0) is 20.1. The predicted molar refractivity (Wildman–Crippen MR) is 121 cm³/mol. The van der Waals surface area contributed by atoms with E-state index in [0.717, 1.165) is 46.8 Å². The van der Waals surface area contributed by atoms with Crippen LogP contribution in [0, 0.1) is 6.92 Å². The quantitative estimate of drug-likeness (QED) is 0.360. The first kappa shape index (κ1) is 19.3.